The quantitative estimate of drug-likeness (QED) is 0.230. The maximum atomic E-state index is 5.97. The van der Waals surface area contributed by atoms with Crippen LogP contribution >= 0.6 is 34.8 Å². The van der Waals surface area contributed by atoms with Gasteiger partial charge in [-0.25, -0.2) is 10.5 Å². The predicted octanol–water partition coefficient (Wildman–Crippen LogP) is 2.58. The Kier molecular flexibility index (Phi) is 8.25. The van der Waals surface area contributed by atoms with Gasteiger partial charge in [0.2, 0.25) is 11.9 Å². The molecule has 0 saturated carbocycles. The molecule has 0 saturated heterocycles. The predicted molar refractivity (Wildman–Crippen MR) is 94.4 cm³/mol. The second-order valence-electron chi connectivity index (χ2n) is 4.57. The first kappa shape index (κ1) is 19.6. The van der Waals surface area contributed by atoms with Gasteiger partial charge in [0.15, 0.2) is 0 Å². The van der Waals surface area contributed by atoms with E-state index < -0.39 is 0 Å². The number of hydrogen-bond acceptors (Lipinski definition) is 3. The summed E-state index contributed by atoms with van der Waals surface area (Å²) in [5.41, 5.74) is 13.5. The van der Waals surface area contributed by atoms with Crippen LogP contribution < -0.4 is 21.7 Å². The zero-order valence-corrected chi connectivity index (χ0v) is 14.9. The van der Waals surface area contributed by atoms with E-state index in [0.717, 1.165) is 0 Å². The number of nitrogens with two attached hydrogens (primary N) is 2. The van der Waals surface area contributed by atoms with Gasteiger partial charge in [0.25, 0.3) is 0 Å². The molecule has 7 nitrogen and oxygen atoms in total. The minimum atomic E-state index is -0.0144. The summed E-state index contributed by atoms with van der Waals surface area (Å²) in [6.45, 7) is 4.11. The van der Waals surface area contributed by atoms with E-state index in [4.69, 9.17) is 55.8 Å². The molecule has 0 aliphatic carbocycles. The van der Waals surface area contributed by atoms with E-state index >= 15 is 0 Å². The number of guanidine groups is 2. The molecule has 0 aliphatic rings. The van der Waals surface area contributed by atoms with Gasteiger partial charge in [-0.2, -0.15) is 4.99 Å². The number of aliphatic imine (C=N–C) groups is 2. The molecule has 23 heavy (non-hydrogen) atoms. The summed E-state index contributed by atoms with van der Waals surface area (Å²) in [7, 11) is 0. The van der Waals surface area contributed by atoms with E-state index in [9.17, 15) is 0 Å². The Hall–Kier alpha value is -1.41. The van der Waals surface area contributed by atoms with Gasteiger partial charge >= 0.3 is 0 Å². The van der Waals surface area contributed by atoms with Gasteiger partial charge in [-0.05, 0) is 19.9 Å². The molecule has 0 amide bonds. The van der Waals surface area contributed by atoms with Gasteiger partial charge in [0.05, 0.1) is 15.1 Å². The maximum absolute atomic E-state index is 5.97. The fraction of sp³-hybridized carbons (Fsp3) is 0.385. The smallest absolute Gasteiger partial charge is 0.221 e. The molecule has 5 N–H and O–H groups in total. The Morgan fingerprint density at radius 1 is 1.13 bits per heavy atom. The largest absolute Gasteiger partial charge is 0.489 e. The van der Waals surface area contributed by atoms with Crippen LogP contribution in [0.5, 0.6) is 5.75 Å². The minimum Gasteiger partial charge on any atom is -0.489 e. The number of halogens is 3. The van der Waals surface area contributed by atoms with Crippen molar-refractivity contribution < 1.29 is 9.57 Å². The number of nitrogens with one attached hydrogen (secondary N) is 1. The Morgan fingerprint density at radius 3 is 2.43 bits per heavy atom. The third-order valence-electron chi connectivity index (χ3n) is 2.22. The van der Waals surface area contributed by atoms with E-state index in [1.54, 1.807) is 0 Å². The van der Waals surface area contributed by atoms with Crippen molar-refractivity contribution in [3.05, 3.63) is 27.2 Å². The van der Waals surface area contributed by atoms with Crippen LogP contribution in [0.4, 0.5) is 0 Å². The van der Waals surface area contributed by atoms with Gasteiger partial charge in [-0.3, -0.25) is 4.84 Å². The number of benzene rings is 1. The number of hydroxylamine groups is 1. The summed E-state index contributed by atoms with van der Waals surface area (Å²) in [5, 5.41) is 1.05. The van der Waals surface area contributed by atoms with Gasteiger partial charge in [-0.1, -0.05) is 34.8 Å². The number of rotatable bonds is 6. The fourth-order valence-corrected chi connectivity index (χ4v) is 1.96. The van der Waals surface area contributed by atoms with Crippen molar-refractivity contribution in [1.29, 1.82) is 0 Å². The molecule has 0 spiro atoms. The molecule has 0 aliphatic heterocycles. The number of hydrogen-bond donors (Lipinski definition) is 3. The summed E-state index contributed by atoms with van der Waals surface area (Å²) >= 11 is 17.7. The number of ether oxygens (including phenoxy) is 1. The lowest BCUT2D eigenvalue weighted by Crippen LogP contribution is -2.34. The average molecular weight is 383 g/mol. The zero-order valence-electron chi connectivity index (χ0n) is 12.6. The first-order valence-corrected chi connectivity index (χ1v) is 7.75. The second-order valence-corrected chi connectivity index (χ2v) is 5.80. The van der Waals surface area contributed by atoms with Crippen LogP contribution in [0.2, 0.25) is 15.1 Å². The lowest BCUT2D eigenvalue weighted by Gasteiger charge is -2.10. The monoisotopic (exact) mass is 381 g/mol. The van der Waals surface area contributed by atoms with Crippen LogP contribution in [-0.4, -0.2) is 31.2 Å². The van der Waals surface area contributed by atoms with Crippen molar-refractivity contribution in [1.82, 2.24) is 5.48 Å². The first-order valence-electron chi connectivity index (χ1n) is 6.62. The van der Waals surface area contributed by atoms with Crippen LogP contribution in [0.1, 0.15) is 13.8 Å². The summed E-state index contributed by atoms with van der Waals surface area (Å²) in [5.74, 6) is 0.450. The fourth-order valence-electron chi connectivity index (χ4n) is 1.37. The summed E-state index contributed by atoms with van der Waals surface area (Å²) in [4.78, 5) is 12.9. The van der Waals surface area contributed by atoms with Crippen molar-refractivity contribution in [2.75, 3.05) is 13.2 Å². The first-order chi connectivity index (χ1) is 10.8. The minimum absolute atomic E-state index is 0.0144. The molecule has 1 aromatic rings. The van der Waals surface area contributed by atoms with Crippen LogP contribution in [0.25, 0.3) is 0 Å². The highest BCUT2D eigenvalue weighted by molar-refractivity contribution is 6.43. The molecule has 128 valence electrons. The Labute approximate surface area is 149 Å². The molecule has 1 rings (SSSR count). The average Bonchev–Trinajstić information content (AvgIpc) is 2.42. The van der Waals surface area contributed by atoms with Crippen molar-refractivity contribution in [3.8, 4) is 5.75 Å². The topological polar surface area (TPSA) is 107 Å². The third kappa shape index (κ3) is 7.60. The van der Waals surface area contributed by atoms with E-state index in [2.05, 4.69) is 15.5 Å². The molecular weight excluding hydrogens is 365 g/mol. The molecule has 0 fully saturated rings. The van der Waals surface area contributed by atoms with Gasteiger partial charge in [0.1, 0.15) is 19.0 Å². The molecule has 0 radical (unpaired) electrons. The SMILES string of the molecule is CC(C)N=C(N)N=C(N)NOCCOc1cc(Cl)c(Cl)cc1Cl. The van der Waals surface area contributed by atoms with E-state index in [1.165, 1.54) is 12.1 Å². The van der Waals surface area contributed by atoms with Gasteiger partial charge in [-0.15, -0.1) is 0 Å². The van der Waals surface area contributed by atoms with Crippen molar-refractivity contribution in [3.63, 3.8) is 0 Å². The van der Waals surface area contributed by atoms with E-state index in [-0.39, 0.29) is 31.2 Å². The lowest BCUT2D eigenvalue weighted by atomic mass is 10.3. The van der Waals surface area contributed by atoms with Crippen molar-refractivity contribution >= 4 is 46.7 Å². The van der Waals surface area contributed by atoms with E-state index in [1.807, 2.05) is 13.8 Å². The van der Waals surface area contributed by atoms with Gasteiger partial charge < -0.3 is 16.2 Å². The normalized spacial score (nSPS) is 12.6. The highest BCUT2D eigenvalue weighted by Crippen LogP contribution is 2.33. The molecular formula is C13H18Cl3N5O2. The molecule has 1 aromatic carbocycles. The van der Waals surface area contributed by atoms with Crippen LogP contribution in [0.3, 0.4) is 0 Å². The highest BCUT2D eigenvalue weighted by atomic mass is 35.5. The number of nitrogens with zero attached hydrogens (tertiary/aromatic N) is 2. The summed E-state index contributed by atoms with van der Waals surface area (Å²) in [6, 6.07) is 3.05. The van der Waals surface area contributed by atoms with E-state index in [0.29, 0.717) is 20.8 Å². The second kappa shape index (κ2) is 9.67. The van der Waals surface area contributed by atoms with Crippen molar-refractivity contribution in [2.45, 2.75) is 19.9 Å². The Balaban J connectivity index is 2.36. The van der Waals surface area contributed by atoms with Crippen molar-refractivity contribution in [2.24, 2.45) is 21.5 Å². The third-order valence-corrected chi connectivity index (χ3v) is 3.24. The van der Waals surface area contributed by atoms with Crippen LogP contribution in [0.15, 0.2) is 22.1 Å². The molecule has 0 heterocycles. The van der Waals surface area contributed by atoms with Gasteiger partial charge in [0, 0.05) is 12.1 Å². The molecule has 0 unspecified atom stereocenters. The molecule has 0 aromatic heterocycles. The lowest BCUT2D eigenvalue weighted by molar-refractivity contribution is 0.0589. The molecule has 0 bridgehead atoms. The maximum Gasteiger partial charge on any atom is 0.221 e. The summed E-state index contributed by atoms with van der Waals surface area (Å²) in [6.07, 6.45) is 0. The Bertz CT molecular complexity index is 593. The highest BCUT2D eigenvalue weighted by Gasteiger charge is 2.07. The zero-order chi connectivity index (χ0) is 17.4. The standard InChI is InChI=1S/C13H18Cl3N5O2/c1-7(2)19-12(17)20-13(18)21-23-4-3-22-11-6-9(15)8(14)5-10(11)16/h5-7H,3-4H2,1-2H3,(H5,17,18,19,20,21). The summed E-state index contributed by atoms with van der Waals surface area (Å²) < 4.78 is 5.42. The Morgan fingerprint density at radius 2 is 1.78 bits per heavy atom. The van der Waals surface area contributed by atoms with Crippen LogP contribution in [-0.2, 0) is 4.84 Å². The molecule has 0 atom stereocenters. The molecule has 10 heteroatoms. The van der Waals surface area contributed by atoms with Crippen LogP contribution in [0, 0.1) is 0 Å².